The number of nitrogens with zero attached hydrogens (tertiary/aromatic N) is 2. The second kappa shape index (κ2) is 9.47. The van der Waals surface area contributed by atoms with E-state index in [-0.39, 0.29) is 0 Å². The van der Waals surface area contributed by atoms with Crippen LogP contribution < -0.4 is 4.74 Å². The van der Waals surface area contributed by atoms with Crippen molar-refractivity contribution < 1.29 is 4.74 Å². The van der Waals surface area contributed by atoms with Crippen molar-refractivity contribution >= 4 is 39.6 Å². The molecule has 4 heteroatoms. The van der Waals surface area contributed by atoms with Gasteiger partial charge < -0.3 is 4.74 Å². The van der Waals surface area contributed by atoms with Crippen LogP contribution in [0.3, 0.4) is 0 Å². The number of aryl methyl sites for hydroxylation is 3. The van der Waals surface area contributed by atoms with Gasteiger partial charge in [-0.15, -0.1) is 11.8 Å². The zero-order chi connectivity index (χ0) is 23.7. The van der Waals surface area contributed by atoms with Gasteiger partial charge in [0, 0.05) is 33.7 Å². The molecule has 0 bridgehead atoms. The molecular formula is C30H28N2OS. The van der Waals surface area contributed by atoms with E-state index in [9.17, 15) is 0 Å². The van der Waals surface area contributed by atoms with E-state index >= 15 is 0 Å². The predicted octanol–water partition coefficient (Wildman–Crippen LogP) is 7.49. The molecule has 170 valence electrons. The van der Waals surface area contributed by atoms with Crippen molar-refractivity contribution in [3.63, 3.8) is 0 Å². The molecule has 0 heterocycles. The minimum absolute atomic E-state index is 0.723. The van der Waals surface area contributed by atoms with Gasteiger partial charge in [0.25, 0.3) is 0 Å². The molecule has 0 spiro atoms. The molecule has 0 saturated carbocycles. The molecule has 0 aromatic heterocycles. The summed E-state index contributed by atoms with van der Waals surface area (Å²) in [4.78, 5) is 11.6. The van der Waals surface area contributed by atoms with E-state index in [1.807, 2.05) is 23.9 Å². The van der Waals surface area contributed by atoms with Crippen LogP contribution in [0.4, 0.5) is 5.69 Å². The van der Waals surface area contributed by atoms with Crippen molar-refractivity contribution in [1.29, 1.82) is 0 Å². The molecule has 0 atom stereocenters. The fourth-order valence-corrected chi connectivity index (χ4v) is 5.46. The Bertz CT molecular complexity index is 1410. The van der Waals surface area contributed by atoms with Gasteiger partial charge in [0.2, 0.25) is 0 Å². The number of rotatable bonds is 6. The zero-order valence-corrected chi connectivity index (χ0v) is 20.9. The summed E-state index contributed by atoms with van der Waals surface area (Å²) in [5.41, 5.74) is 9.05. The van der Waals surface area contributed by atoms with Crippen molar-refractivity contribution in [2.24, 2.45) is 9.98 Å². The molecular weight excluding hydrogens is 436 g/mol. The summed E-state index contributed by atoms with van der Waals surface area (Å²) in [6.45, 7) is 7.15. The average molecular weight is 465 g/mol. The van der Waals surface area contributed by atoms with Crippen LogP contribution >= 0.6 is 11.8 Å². The molecule has 4 aromatic rings. The Morgan fingerprint density at radius 2 is 1.44 bits per heavy atom. The van der Waals surface area contributed by atoms with Crippen molar-refractivity contribution in [3.8, 4) is 5.75 Å². The van der Waals surface area contributed by atoms with Crippen molar-refractivity contribution in [3.05, 3.63) is 101 Å². The summed E-state index contributed by atoms with van der Waals surface area (Å²) in [5.74, 6) is 1.78. The van der Waals surface area contributed by atoms with Gasteiger partial charge >= 0.3 is 0 Å². The van der Waals surface area contributed by atoms with Gasteiger partial charge in [0.05, 0.1) is 24.2 Å². The molecule has 1 aliphatic rings. The number of hydrogen-bond acceptors (Lipinski definition) is 4. The Kier molecular flexibility index (Phi) is 6.25. The first kappa shape index (κ1) is 22.4. The first-order valence-electron chi connectivity index (χ1n) is 11.6. The summed E-state index contributed by atoms with van der Waals surface area (Å²) in [6, 6.07) is 25.5. The molecule has 3 nitrogen and oxygen atoms in total. The monoisotopic (exact) mass is 464 g/mol. The summed E-state index contributed by atoms with van der Waals surface area (Å²) >= 11 is 1.81. The second-order valence-electron chi connectivity index (χ2n) is 8.67. The Labute approximate surface area is 205 Å². The standard InChI is InChI=1S/C30H28N2OS/c1-19-17-20(2)28(21(3)18-19)32-30-26-10-6-8-22-7-5-9-25(27(22)26)29(30)31-15-16-34-24-13-11-23(33-4)12-14-24/h5-14,17-18H,15-16H2,1-4H3/b31-29+,32-30+. The number of thioether (sulfide) groups is 1. The number of aliphatic imine (C=N–C) groups is 2. The third kappa shape index (κ3) is 4.26. The van der Waals surface area contributed by atoms with Crippen LogP contribution in [0.5, 0.6) is 5.75 Å². The van der Waals surface area contributed by atoms with Gasteiger partial charge in [-0.3, -0.25) is 4.99 Å². The van der Waals surface area contributed by atoms with Crippen LogP contribution in [0.2, 0.25) is 0 Å². The smallest absolute Gasteiger partial charge is 0.118 e. The number of hydrogen-bond donors (Lipinski definition) is 0. The Morgan fingerprint density at radius 1 is 0.794 bits per heavy atom. The van der Waals surface area contributed by atoms with Gasteiger partial charge in [0.15, 0.2) is 0 Å². The third-order valence-corrected chi connectivity index (χ3v) is 7.18. The highest BCUT2D eigenvalue weighted by Gasteiger charge is 2.27. The number of ether oxygens (including phenoxy) is 1. The molecule has 0 fully saturated rings. The SMILES string of the molecule is COc1ccc(SCC/N=C2/C(=N/c3c(C)cc(C)cc3C)c3cccc4cccc2c34)cc1. The molecule has 0 amide bonds. The van der Waals surface area contributed by atoms with Gasteiger partial charge in [-0.05, 0) is 61.5 Å². The summed E-state index contributed by atoms with van der Waals surface area (Å²) < 4.78 is 5.26. The molecule has 0 radical (unpaired) electrons. The van der Waals surface area contributed by atoms with Crippen molar-refractivity contribution in [2.45, 2.75) is 25.7 Å². The highest BCUT2D eigenvalue weighted by atomic mass is 32.2. The Balaban J connectivity index is 1.51. The topological polar surface area (TPSA) is 34.0 Å². The average Bonchev–Trinajstić information content (AvgIpc) is 3.14. The lowest BCUT2D eigenvalue weighted by Crippen LogP contribution is -2.12. The molecule has 0 saturated heterocycles. The second-order valence-corrected chi connectivity index (χ2v) is 9.84. The van der Waals surface area contributed by atoms with Crippen LogP contribution in [0.25, 0.3) is 10.8 Å². The zero-order valence-electron chi connectivity index (χ0n) is 20.1. The van der Waals surface area contributed by atoms with Crippen molar-refractivity contribution in [2.75, 3.05) is 19.4 Å². The molecule has 5 rings (SSSR count). The maximum Gasteiger partial charge on any atom is 0.118 e. The first-order valence-corrected chi connectivity index (χ1v) is 12.5. The maximum absolute atomic E-state index is 5.26. The maximum atomic E-state index is 5.26. The number of methoxy groups -OCH3 is 1. The lowest BCUT2D eigenvalue weighted by molar-refractivity contribution is 0.414. The first-order chi connectivity index (χ1) is 16.5. The van der Waals surface area contributed by atoms with E-state index in [0.29, 0.717) is 0 Å². The van der Waals surface area contributed by atoms with Crippen molar-refractivity contribution in [1.82, 2.24) is 0 Å². The highest BCUT2D eigenvalue weighted by molar-refractivity contribution is 7.99. The Hall–Kier alpha value is -3.37. The third-order valence-electron chi connectivity index (χ3n) is 6.19. The summed E-state index contributed by atoms with van der Waals surface area (Å²) in [6.07, 6.45) is 0. The van der Waals surface area contributed by atoms with Gasteiger partial charge in [-0.25, -0.2) is 4.99 Å². The van der Waals surface area contributed by atoms with Gasteiger partial charge in [-0.2, -0.15) is 0 Å². The fraction of sp³-hybridized carbons (Fsp3) is 0.200. The quantitative estimate of drug-likeness (QED) is 0.219. The highest BCUT2D eigenvalue weighted by Crippen LogP contribution is 2.35. The minimum Gasteiger partial charge on any atom is -0.497 e. The molecule has 0 aliphatic heterocycles. The van der Waals surface area contributed by atoms with Gasteiger partial charge in [-0.1, -0.05) is 54.1 Å². The molecule has 34 heavy (non-hydrogen) atoms. The predicted molar refractivity (Wildman–Crippen MR) is 146 cm³/mol. The largest absolute Gasteiger partial charge is 0.497 e. The van der Waals surface area contributed by atoms with E-state index in [1.165, 1.54) is 43.5 Å². The van der Waals surface area contributed by atoms with E-state index in [4.69, 9.17) is 14.7 Å². The van der Waals surface area contributed by atoms with Gasteiger partial charge in [0.1, 0.15) is 5.75 Å². The molecule has 4 aromatic carbocycles. The summed E-state index contributed by atoms with van der Waals surface area (Å²) in [5, 5.41) is 2.49. The molecule has 0 unspecified atom stereocenters. The lowest BCUT2D eigenvalue weighted by Gasteiger charge is -2.10. The van der Waals surface area contributed by atoms with Crippen LogP contribution in [0, 0.1) is 20.8 Å². The number of benzene rings is 4. The van der Waals surface area contributed by atoms with Crippen LogP contribution in [-0.4, -0.2) is 30.8 Å². The van der Waals surface area contributed by atoms with Crippen LogP contribution in [0.1, 0.15) is 27.8 Å². The van der Waals surface area contributed by atoms with E-state index < -0.39 is 0 Å². The van der Waals surface area contributed by atoms with E-state index in [1.54, 1.807) is 7.11 Å². The minimum atomic E-state index is 0.723. The lowest BCUT2D eigenvalue weighted by atomic mass is 10.0. The molecule has 0 N–H and O–H groups in total. The molecule has 1 aliphatic carbocycles. The fourth-order valence-electron chi connectivity index (χ4n) is 4.72. The Morgan fingerprint density at radius 3 is 2.09 bits per heavy atom. The van der Waals surface area contributed by atoms with E-state index in [0.717, 1.165) is 35.2 Å². The van der Waals surface area contributed by atoms with Crippen LogP contribution in [0.15, 0.2) is 87.7 Å². The van der Waals surface area contributed by atoms with Crippen LogP contribution in [-0.2, 0) is 0 Å². The van der Waals surface area contributed by atoms with E-state index in [2.05, 4.69) is 81.4 Å². The normalized spacial score (nSPS) is 14.9. The summed E-state index contributed by atoms with van der Waals surface area (Å²) in [7, 11) is 1.69.